The van der Waals surface area contributed by atoms with Gasteiger partial charge in [0, 0.05) is 31.2 Å². The first-order chi connectivity index (χ1) is 10.9. The van der Waals surface area contributed by atoms with Crippen LogP contribution in [0.1, 0.15) is 39.2 Å². The zero-order valence-corrected chi connectivity index (χ0v) is 14.2. The van der Waals surface area contributed by atoms with E-state index in [9.17, 15) is 9.59 Å². The number of carbonyl (C=O) groups is 2. The lowest BCUT2D eigenvalue weighted by molar-refractivity contribution is -0.131. The van der Waals surface area contributed by atoms with Crippen LogP contribution in [-0.4, -0.2) is 36.4 Å². The van der Waals surface area contributed by atoms with Gasteiger partial charge >= 0.3 is 0 Å². The largest absolute Gasteiger partial charge is 0.357 e. The van der Waals surface area contributed by atoms with E-state index in [1.54, 1.807) is 6.20 Å². The summed E-state index contributed by atoms with van der Waals surface area (Å²) in [6.45, 7) is 7.97. The molecular weight excluding hydrogens is 292 g/mol. The highest BCUT2D eigenvalue weighted by Crippen LogP contribution is 2.18. The molecule has 0 aromatic carbocycles. The zero-order valence-electron chi connectivity index (χ0n) is 14.2. The van der Waals surface area contributed by atoms with E-state index < -0.39 is 5.41 Å². The molecule has 0 unspecified atom stereocenters. The average Bonchev–Trinajstić information content (AvgIpc) is 3.04. The van der Waals surface area contributed by atoms with Crippen LogP contribution in [0.4, 0.5) is 5.82 Å². The molecule has 126 valence electrons. The maximum Gasteiger partial charge on any atom is 0.239 e. The number of anilines is 1. The summed E-state index contributed by atoms with van der Waals surface area (Å²) in [5.41, 5.74) is 0.521. The predicted molar refractivity (Wildman–Crippen MR) is 90.0 cm³/mol. The van der Waals surface area contributed by atoms with E-state index in [0.717, 1.165) is 24.5 Å². The van der Waals surface area contributed by atoms with Crippen molar-refractivity contribution in [1.82, 2.24) is 15.6 Å². The number of nitrogens with zero attached hydrogens (tertiary/aromatic N) is 2. The van der Waals surface area contributed by atoms with Gasteiger partial charge in [-0.25, -0.2) is 4.98 Å². The third-order valence-corrected chi connectivity index (χ3v) is 3.82. The molecule has 6 nitrogen and oxygen atoms in total. The number of amides is 2. The fraction of sp³-hybridized carbons (Fsp3) is 0.588. The number of nitrogens with one attached hydrogen (secondary N) is 2. The molecular formula is C17H26N4O2. The van der Waals surface area contributed by atoms with Crippen molar-refractivity contribution in [1.29, 1.82) is 0 Å². The maximum absolute atomic E-state index is 11.8. The number of rotatable bonds is 5. The van der Waals surface area contributed by atoms with Crippen LogP contribution in [0.2, 0.25) is 0 Å². The smallest absolute Gasteiger partial charge is 0.239 e. The topological polar surface area (TPSA) is 74.3 Å². The fourth-order valence-corrected chi connectivity index (χ4v) is 2.38. The molecule has 1 aromatic heterocycles. The molecule has 1 aromatic rings. The van der Waals surface area contributed by atoms with Gasteiger partial charge in [0.05, 0.1) is 6.54 Å². The Morgan fingerprint density at radius 1 is 1.22 bits per heavy atom. The molecule has 1 aliphatic rings. The second kappa shape index (κ2) is 7.44. The Kier molecular flexibility index (Phi) is 5.58. The van der Waals surface area contributed by atoms with Crippen molar-refractivity contribution < 1.29 is 9.59 Å². The van der Waals surface area contributed by atoms with Gasteiger partial charge in [-0.3, -0.25) is 9.59 Å². The van der Waals surface area contributed by atoms with E-state index in [4.69, 9.17) is 0 Å². The van der Waals surface area contributed by atoms with Crippen LogP contribution in [0, 0.1) is 5.41 Å². The summed E-state index contributed by atoms with van der Waals surface area (Å²) in [6, 6.07) is 3.91. The molecule has 0 radical (unpaired) electrons. The van der Waals surface area contributed by atoms with Gasteiger partial charge in [0.15, 0.2) is 0 Å². The van der Waals surface area contributed by atoms with Crippen molar-refractivity contribution in [3.8, 4) is 0 Å². The van der Waals surface area contributed by atoms with Crippen LogP contribution in [0.15, 0.2) is 18.3 Å². The summed E-state index contributed by atoms with van der Waals surface area (Å²) in [5.74, 6) is 0.644. The predicted octanol–water partition coefficient (Wildman–Crippen LogP) is 1.46. The minimum Gasteiger partial charge on any atom is -0.357 e. The van der Waals surface area contributed by atoms with Crippen LogP contribution in [0.5, 0.6) is 0 Å². The van der Waals surface area contributed by atoms with Crippen LogP contribution in [0.25, 0.3) is 0 Å². The highest BCUT2D eigenvalue weighted by molar-refractivity contribution is 5.87. The molecule has 2 N–H and O–H groups in total. The van der Waals surface area contributed by atoms with Crippen molar-refractivity contribution in [2.24, 2.45) is 5.41 Å². The Labute approximate surface area is 137 Å². The Morgan fingerprint density at radius 2 is 1.91 bits per heavy atom. The highest BCUT2D eigenvalue weighted by Gasteiger charge is 2.21. The van der Waals surface area contributed by atoms with Crippen LogP contribution in [0.3, 0.4) is 0 Å². The van der Waals surface area contributed by atoms with Crippen LogP contribution >= 0.6 is 0 Å². The van der Waals surface area contributed by atoms with Crippen molar-refractivity contribution >= 4 is 17.6 Å². The summed E-state index contributed by atoms with van der Waals surface area (Å²) >= 11 is 0. The molecule has 0 spiro atoms. The SMILES string of the molecule is CC(C)(C)C(=O)NCC(=O)NCc1ccnc(N2CCCC2)c1. The van der Waals surface area contributed by atoms with Gasteiger partial charge in [-0.2, -0.15) is 0 Å². The summed E-state index contributed by atoms with van der Waals surface area (Å²) in [4.78, 5) is 30.2. The molecule has 0 atom stereocenters. The monoisotopic (exact) mass is 318 g/mol. The second-order valence-electron chi connectivity index (χ2n) is 6.93. The van der Waals surface area contributed by atoms with Crippen molar-refractivity contribution in [2.45, 2.75) is 40.2 Å². The lowest BCUT2D eigenvalue weighted by Gasteiger charge is -2.18. The Morgan fingerprint density at radius 3 is 2.57 bits per heavy atom. The third kappa shape index (κ3) is 5.23. The lowest BCUT2D eigenvalue weighted by atomic mass is 9.96. The van der Waals surface area contributed by atoms with Crippen molar-refractivity contribution in [3.63, 3.8) is 0 Å². The van der Waals surface area contributed by atoms with E-state index >= 15 is 0 Å². The van der Waals surface area contributed by atoms with Gasteiger partial charge in [-0.1, -0.05) is 20.8 Å². The molecule has 6 heteroatoms. The standard InChI is InChI=1S/C17H26N4O2/c1-17(2,3)16(23)20-12-15(22)19-11-13-6-7-18-14(10-13)21-8-4-5-9-21/h6-7,10H,4-5,8-9,11-12H2,1-3H3,(H,19,22)(H,20,23). The number of carbonyl (C=O) groups excluding carboxylic acids is 2. The molecule has 2 amide bonds. The van der Waals surface area contributed by atoms with Crippen molar-refractivity contribution in [2.75, 3.05) is 24.5 Å². The zero-order chi connectivity index (χ0) is 16.9. The maximum atomic E-state index is 11.8. The van der Waals surface area contributed by atoms with Gasteiger partial charge in [-0.05, 0) is 30.5 Å². The van der Waals surface area contributed by atoms with Gasteiger partial charge in [-0.15, -0.1) is 0 Å². The summed E-state index contributed by atoms with van der Waals surface area (Å²) in [6.07, 6.45) is 4.18. The number of aromatic nitrogens is 1. The van der Waals surface area contributed by atoms with Gasteiger partial charge in [0.2, 0.25) is 11.8 Å². The fourth-order valence-electron chi connectivity index (χ4n) is 2.38. The molecule has 0 bridgehead atoms. The quantitative estimate of drug-likeness (QED) is 0.862. The molecule has 2 heterocycles. The normalized spacial score (nSPS) is 14.7. The molecule has 1 aliphatic heterocycles. The van der Waals surface area contributed by atoms with Crippen LogP contribution in [-0.2, 0) is 16.1 Å². The van der Waals surface area contributed by atoms with E-state index in [1.807, 2.05) is 32.9 Å². The highest BCUT2D eigenvalue weighted by atomic mass is 16.2. The van der Waals surface area contributed by atoms with Gasteiger partial charge in [0.25, 0.3) is 0 Å². The Bertz CT molecular complexity index is 560. The molecule has 0 saturated carbocycles. The van der Waals surface area contributed by atoms with E-state index in [1.165, 1.54) is 12.8 Å². The van der Waals surface area contributed by atoms with E-state index in [0.29, 0.717) is 6.54 Å². The first-order valence-electron chi connectivity index (χ1n) is 8.11. The second-order valence-corrected chi connectivity index (χ2v) is 6.93. The molecule has 0 aliphatic carbocycles. The van der Waals surface area contributed by atoms with E-state index in [-0.39, 0.29) is 18.4 Å². The molecule has 1 fully saturated rings. The Hall–Kier alpha value is -2.11. The lowest BCUT2D eigenvalue weighted by Crippen LogP contribution is -2.41. The minimum atomic E-state index is -0.490. The number of hydrogen-bond acceptors (Lipinski definition) is 4. The van der Waals surface area contributed by atoms with Crippen LogP contribution < -0.4 is 15.5 Å². The summed E-state index contributed by atoms with van der Waals surface area (Å²) < 4.78 is 0. The minimum absolute atomic E-state index is 0.000168. The molecule has 2 rings (SSSR count). The van der Waals surface area contributed by atoms with Gasteiger partial charge < -0.3 is 15.5 Å². The summed E-state index contributed by atoms with van der Waals surface area (Å²) in [5, 5.41) is 5.47. The Balaban J connectivity index is 1.80. The molecule has 23 heavy (non-hydrogen) atoms. The molecule has 1 saturated heterocycles. The van der Waals surface area contributed by atoms with Gasteiger partial charge in [0.1, 0.15) is 5.82 Å². The first-order valence-corrected chi connectivity index (χ1v) is 8.11. The average molecular weight is 318 g/mol. The van der Waals surface area contributed by atoms with E-state index in [2.05, 4.69) is 20.5 Å². The summed E-state index contributed by atoms with van der Waals surface area (Å²) in [7, 11) is 0. The van der Waals surface area contributed by atoms with Crippen molar-refractivity contribution in [3.05, 3.63) is 23.9 Å². The number of hydrogen-bond donors (Lipinski definition) is 2. The third-order valence-electron chi connectivity index (χ3n) is 3.82. The number of pyridine rings is 1. The first kappa shape index (κ1) is 17.2.